The summed E-state index contributed by atoms with van der Waals surface area (Å²) in [6.07, 6.45) is 8.67. The lowest BCUT2D eigenvalue weighted by Crippen LogP contribution is -2.27. The van der Waals surface area contributed by atoms with E-state index in [0.717, 1.165) is 22.5 Å². The van der Waals surface area contributed by atoms with E-state index in [2.05, 4.69) is 30.9 Å². The molecule has 2 fully saturated rings. The molecule has 0 spiro atoms. The van der Waals surface area contributed by atoms with E-state index < -0.39 is 0 Å². The number of rotatable bonds is 5. The summed E-state index contributed by atoms with van der Waals surface area (Å²) in [4.78, 5) is 0. The van der Waals surface area contributed by atoms with Gasteiger partial charge in [-0.3, -0.25) is 0 Å². The molecule has 1 N–H and O–H groups in total. The van der Waals surface area contributed by atoms with Crippen molar-refractivity contribution in [2.24, 2.45) is 5.92 Å². The highest BCUT2D eigenvalue weighted by atomic mass is 32.2. The average Bonchev–Trinajstić information content (AvgIpc) is 2.98. The van der Waals surface area contributed by atoms with Crippen molar-refractivity contribution in [1.82, 2.24) is 5.32 Å². The van der Waals surface area contributed by atoms with Crippen LogP contribution in [0, 0.1) is 5.92 Å². The van der Waals surface area contributed by atoms with Crippen LogP contribution >= 0.6 is 11.8 Å². The molecule has 0 aromatic heterocycles. The van der Waals surface area contributed by atoms with Gasteiger partial charge in [0, 0.05) is 23.1 Å². The number of hydrogen-bond donors (Lipinski definition) is 1. The van der Waals surface area contributed by atoms with E-state index in [4.69, 9.17) is 0 Å². The topological polar surface area (TPSA) is 12.0 Å². The van der Waals surface area contributed by atoms with Crippen LogP contribution in [-0.2, 0) is 0 Å². The molecule has 0 saturated heterocycles. The highest BCUT2D eigenvalue weighted by Crippen LogP contribution is 2.34. The molecule has 3 atom stereocenters. The Morgan fingerprint density at radius 3 is 2.73 bits per heavy atom. The van der Waals surface area contributed by atoms with E-state index in [-0.39, 0.29) is 0 Å². The van der Waals surface area contributed by atoms with Crippen molar-refractivity contribution in [2.45, 2.75) is 68.9 Å². The van der Waals surface area contributed by atoms with Crippen molar-refractivity contribution in [3.05, 3.63) is 0 Å². The van der Waals surface area contributed by atoms with Crippen LogP contribution in [-0.4, -0.2) is 23.1 Å². The molecule has 2 rings (SSSR count). The van der Waals surface area contributed by atoms with Crippen LogP contribution in [0.2, 0.25) is 0 Å². The standard InChI is InChI=1S/C13H25NS/c1-10-4-3-5-13(8-10)15-11(2)9-14-12-6-7-12/h10-14H,3-9H2,1-2H3. The monoisotopic (exact) mass is 227 g/mol. The molecule has 2 aliphatic carbocycles. The molecule has 0 aromatic rings. The first-order valence-electron chi connectivity index (χ1n) is 6.63. The normalized spacial score (nSPS) is 34.0. The van der Waals surface area contributed by atoms with Gasteiger partial charge in [-0.2, -0.15) is 11.8 Å². The van der Waals surface area contributed by atoms with Crippen molar-refractivity contribution in [1.29, 1.82) is 0 Å². The maximum absolute atomic E-state index is 3.64. The summed E-state index contributed by atoms with van der Waals surface area (Å²) in [6, 6.07) is 0.873. The van der Waals surface area contributed by atoms with Gasteiger partial charge >= 0.3 is 0 Å². The minimum atomic E-state index is 0.806. The SMILES string of the molecule is CC1CCCC(SC(C)CNC2CC2)C1. The largest absolute Gasteiger partial charge is 0.313 e. The van der Waals surface area contributed by atoms with Gasteiger partial charge in [0.15, 0.2) is 0 Å². The van der Waals surface area contributed by atoms with E-state index in [9.17, 15) is 0 Å². The number of hydrogen-bond acceptors (Lipinski definition) is 2. The van der Waals surface area contributed by atoms with Gasteiger partial charge in [0.1, 0.15) is 0 Å². The second kappa shape index (κ2) is 5.58. The van der Waals surface area contributed by atoms with E-state index in [0.29, 0.717) is 0 Å². The maximum atomic E-state index is 3.64. The fourth-order valence-electron chi connectivity index (χ4n) is 2.50. The Hall–Kier alpha value is 0.310. The zero-order valence-electron chi connectivity index (χ0n) is 10.2. The minimum Gasteiger partial charge on any atom is -0.313 e. The summed E-state index contributed by atoms with van der Waals surface area (Å²) in [6.45, 7) is 6.03. The van der Waals surface area contributed by atoms with E-state index in [1.807, 2.05) is 0 Å². The quantitative estimate of drug-likeness (QED) is 0.772. The van der Waals surface area contributed by atoms with E-state index >= 15 is 0 Å². The third kappa shape index (κ3) is 4.36. The van der Waals surface area contributed by atoms with Gasteiger partial charge in [-0.05, 0) is 31.6 Å². The van der Waals surface area contributed by atoms with Crippen LogP contribution in [0.4, 0.5) is 0 Å². The summed E-state index contributed by atoms with van der Waals surface area (Å²) in [5.74, 6) is 0.972. The first-order chi connectivity index (χ1) is 7.24. The van der Waals surface area contributed by atoms with Gasteiger partial charge in [-0.25, -0.2) is 0 Å². The molecule has 0 radical (unpaired) electrons. The number of nitrogens with one attached hydrogen (secondary N) is 1. The highest BCUT2D eigenvalue weighted by molar-refractivity contribution is 8.00. The van der Waals surface area contributed by atoms with Crippen molar-refractivity contribution in [2.75, 3.05) is 6.54 Å². The Balaban J connectivity index is 1.61. The maximum Gasteiger partial charge on any atom is 0.0147 e. The molecule has 0 heterocycles. The highest BCUT2D eigenvalue weighted by Gasteiger charge is 2.23. The van der Waals surface area contributed by atoms with Gasteiger partial charge in [0.05, 0.1) is 0 Å². The predicted octanol–water partition coefficient (Wildman–Crippen LogP) is 3.44. The molecule has 0 aliphatic heterocycles. The van der Waals surface area contributed by atoms with Gasteiger partial charge < -0.3 is 5.32 Å². The first kappa shape index (κ1) is 11.8. The van der Waals surface area contributed by atoms with Crippen LogP contribution < -0.4 is 5.32 Å². The lowest BCUT2D eigenvalue weighted by molar-refractivity contribution is 0.393. The van der Waals surface area contributed by atoms with Crippen LogP contribution in [0.25, 0.3) is 0 Å². The molecule has 2 saturated carbocycles. The molecule has 0 bridgehead atoms. The van der Waals surface area contributed by atoms with Crippen molar-refractivity contribution < 1.29 is 0 Å². The molecule has 2 aliphatic rings. The lowest BCUT2D eigenvalue weighted by Gasteiger charge is -2.28. The summed E-state index contributed by atoms with van der Waals surface area (Å²) in [5.41, 5.74) is 0. The molecule has 1 nitrogen and oxygen atoms in total. The fourth-order valence-corrected chi connectivity index (χ4v) is 4.09. The Morgan fingerprint density at radius 2 is 2.07 bits per heavy atom. The van der Waals surface area contributed by atoms with E-state index in [1.165, 1.54) is 45.1 Å². The zero-order valence-corrected chi connectivity index (χ0v) is 11.0. The van der Waals surface area contributed by atoms with Gasteiger partial charge in [-0.1, -0.05) is 26.7 Å². The molecule has 0 aromatic carbocycles. The smallest absolute Gasteiger partial charge is 0.0147 e. The predicted molar refractivity (Wildman–Crippen MR) is 69.5 cm³/mol. The molecule has 0 amide bonds. The van der Waals surface area contributed by atoms with Gasteiger partial charge in [-0.15, -0.1) is 0 Å². The molecular weight excluding hydrogens is 202 g/mol. The Morgan fingerprint density at radius 1 is 1.27 bits per heavy atom. The number of thioether (sulfide) groups is 1. The third-order valence-corrected chi connectivity index (χ3v) is 5.03. The second-order valence-electron chi connectivity index (χ2n) is 5.52. The Labute approximate surface area is 98.8 Å². The van der Waals surface area contributed by atoms with Gasteiger partial charge in [0.2, 0.25) is 0 Å². The second-order valence-corrected chi connectivity index (χ2v) is 7.27. The fraction of sp³-hybridized carbons (Fsp3) is 1.00. The van der Waals surface area contributed by atoms with Crippen LogP contribution in [0.1, 0.15) is 52.4 Å². The van der Waals surface area contributed by atoms with Crippen molar-refractivity contribution in [3.8, 4) is 0 Å². The van der Waals surface area contributed by atoms with Crippen molar-refractivity contribution in [3.63, 3.8) is 0 Å². The lowest BCUT2D eigenvalue weighted by atomic mass is 9.91. The minimum absolute atomic E-state index is 0.806. The Kier molecular flexibility index (Phi) is 4.39. The average molecular weight is 227 g/mol. The summed E-state index contributed by atoms with van der Waals surface area (Å²) >= 11 is 2.23. The van der Waals surface area contributed by atoms with Crippen LogP contribution in [0.3, 0.4) is 0 Å². The molecular formula is C13H25NS. The molecule has 2 heteroatoms. The first-order valence-corrected chi connectivity index (χ1v) is 7.57. The molecule has 3 unspecified atom stereocenters. The summed E-state index contributed by atoms with van der Waals surface area (Å²) in [5, 5.41) is 5.39. The van der Waals surface area contributed by atoms with E-state index in [1.54, 1.807) is 0 Å². The van der Waals surface area contributed by atoms with Crippen LogP contribution in [0.5, 0.6) is 0 Å². The summed E-state index contributed by atoms with van der Waals surface area (Å²) < 4.78 is 0. The molecule has 88 valence electrons. The van der Waals surface area contributed by atoms with Crippen LogP contribution in [0.15, 0.2) is 0 Å². The third-order valence-electron chi connectivity index (χ3n) is 3.58. The molecule has 15 heavy (non-hydrogen) atoms. The summed E-state index contributed by atoms with van der Waals surface area (Å²) in [7, 11) is 0. The van der Waals surface area contributed by atoms with Gasteiger partial charge in [0.25, 0.3) is 0 Å². The Bertz CT molecular complexity index is 191. The zero-order chi connectivity index (χ0) is 10.7. The van der Waals surface area contributed by atoms with Crippen molar-refractivity contribution >= 4 is 11.8 Å².